The number of hydrogen-bond acceptors (Lipinski definition) is 2. The highest BCUT2D eigenvalue weighted by atomic mass is 127. The number of carbonyl (C=O) groups excluding carboxylic acids is 1. The fourth-order valence-corrected chi connectivity index (χ4v) is 0.801. The second kappa shape index (κ2) is 6.32. The van der Waals surface area contributed by atoms with E-state index in [1.54, 1.807) is 0 Å². The van der Waals surface area contributed by atoms with Gasteiger partial charge in [-0.2, -0.15) is 0 Å². The summed E-state index contributed by atoms with van der Waals surface area (Å²) in [4.78, 5) is 10.6. The average molecular weight is 242 g/mol. The lowest BCUT2D eigenvalue weighted by atomic mass is 10.3. The fraction of sp³-hybridized carbons (Fsp3) is 0.833. The van der Waals surface area contributed by atoms with Crippen molar-refractivity contribution in [2.45, 2.75) is 26.2 Å². The van der Waals surface area contributed by atoms with Crippen LogP contribution in [-0.4, -0.2) is 10.6 Å². The summed E-state index contributed by atoms with van der Waals surface area (Å²) in [5, 5.41) is 0. The normalized spacial score (nSPS) is 9.11. The van der Waals surface area contributed by atoms with Gasteiger partial charge in [0.2, 0.25) is 0 Å². The average Bonchev–Trinajstić information content (AvgIpc) is 1.85. The molecule has 0 amide bonds. The Hall–Kier alpha value is 0.200. The second-order valence-corrected chi connectivity index (χ2v) is 2.35. The molecule has 0 aliphatic rings. The molecular weight excluding hydrogens is 231 g/mol. The molecule has 0 aromatic heterocycles. The maximum atomic E-state index is 10.6. The summed E-state index contributed by atoms with van der Waals surface area (Å²) in [6, 6.07) is 0. The molecule has 0 rings (SSSR count). The van der Waals surface area contributed by atoms with Crippen LogP contribution in [-0.2, 0) is 9.53 Å². The summed E-state index contributed by atoms with van der Waals surface area (Å²) < 4.78 is 5.16. The van der Waals surface area contributed by atoms with Crippen LogP contribution in [0.3, 0.4) is 0 Å². The van der Waals surface area contributed by atoms with Crippen LogP contribution >= 0.6 is 22.6 Å². The summed E-state index contributed by atoms with van der Waals surface area (Å²) in [6.07, 6.45) is 2.56. The van der Waals surface area contributed by atoms with Gasteiger partial charge >= 0.3 is 5.97 Å². The first-order chi connectivity index (χ1) is 4.31. The zero-order chi connectivity index (χ0) is 7.11. The Balaban J connectivity index is 3.06. The molecule has 0 N–H and O–H groups in total. The van der Waals surface area contributed by atoms with Crippen molar-refractivity contribution in [3.8, 4) is 0 Å². The summed E-state index contributed by atoms with van der Waals surface area (Å²) in [5.41, 5.74) is 0. The van der Waals surface area contributed by atoms with E-state index in [2.05, 4.69) is 6.92 Å². The Morgan fingerprint density at radius 1 is 1.67 bits per heavy atom. The summed E-state index contributed by atoms with van der Waals surface area (Å²) >= 11 is 2.01. The van der Waals surface area contributed by atoms with Crippen LogP contribution in [0.4, 0.5) is 0 Å². The van der Waals surface area contributed by atoms with Gasteiger partial charge in [-0.15, -0.1) is 0 Å². The van der Waals surface area contributed by atoms with E-state index in [9.17, 15) is 4.79 Å². The van der Waals surface area contributed by atoms with Crippen molar-refractivity contribution in [1.29, 1.82) is 0 Å². The minimum absolute atomic E-state index is 0.0775. The lowest BCUT2D eigenvalue weighted by molar-refractivity contribution is -0.141. The third-order valence-corrected chi connectivity index (χ3v) is 1.26. The Kier molecular flexibility index (Phi) is 6.46. The number of hydrogen-bond donors (Lipinski definition) is 0. The maximum Gasteiger partial charge on any atom is 0.306 e. The first-order valence-electron chi connectivity index (χ1n) is 3.02. The molecule has 0 saturated carbocycles. The molecule has 0 atom stereocenters. The number of carbonyl (C=O) groups is 1. The number of unbranched alkanes of at least 4 members (excludes halogenated alkanes) is 1. The molecule has 0 fully saturated rings. The predicted molar refractivity (Wildman–Crippen MR) is 44.5 cm³/mol. The number of rotatable bonds is 4. The lowest BCUT2D eigenvalue weighted by Crippen LogP contribution is -2.01. The van der Waals surface area contributed by atoms with Crippen molar-refractivity contribution in [1.82, 2.24) is 0 Å². The summed E-state index contributed by atoms with van der Waals surface area (Å²) in [5.74, 6) is -0.0775. The van der Waals surface area contributed by atoms with E-state index in [1.807, 2.05) is 22.6 Å². The zero-order valence-electron chi connectivity index (χ0n) is 5.52. The standard InChI is InChI=1S/C6H11IO2/c1-2-3-4-6(8)9-5-7/h2-5H2,1H3. The predicted octanol–water partition coefficient (Wildman–Crippen LogP) is 2.11. The van der Waals surface area contributed by atoms with E-state index < -0.39 is 0 Å². The lowest BCUT2D eigenvalue weighted by Gasteiger charge is -1.97. The van der Waals surface area contributed by atoms with Gasteiger partial charge in [-0.25, -0.2) is 0 Å². The third kappa shape index (κ3) is 6.08. The minimum atomic E-state index is -0.0775. The maximum absolute atomic E-state index is 10.6. The minimum Gasteiger partial charge on any atom is -0.455 e. The molecule has 2 nitrogen and oxygen atoms in total. The Morgan fingerprint density at radius 3 is 2.78 bits per heavy atom. The summed E-state index contributed by atoms with van der Waals surface area (Å²) in [6.45, 7) is 2.05. The van der Waals surface area contributed by atoms with Crippen LogP contribution in [0.5, 0.6) is 0 Å². The van der Waals surface area contributed by atoms with E-state index in [-0.39, 0.29) is 5.97 Å². The van der Waals surface area contributed by atoms with Gasteiger partial charge in [-0.3, -0.25) is 4.79 Å². The van der Waals surface area contributed by atoms with E-state index in [1.165, 1.54) is 0 Å². The van der Waals surface area contributed by atoms with Gasteiger partial charge in [0.25, 0.3) is 0 Å². The van der Waals surface area contributed by atoms with E-state index >= 15 is 0 Å². The van der Waals surface area contributed by atoms with Crippen molar-refractivity contribution in [2.75, 3.05) is 4.61 Å². The van der Waals surface area contributed by atoms with Gasteiger partial charge in [0.15, 0.2) is 0 Å². The summed E-state index contributed by atoms with van der Waals surface area (Å²) in [7, 11) is 0. The highest BCUT2D eigenvalue weighted by molar-refractivity contribution is 14.1. The van der Waals surface area contributed by atoms with Gasteiger partial charge in [0, 0.05) is 6.42 Å². The molecule has 0 aliphatic carbocycles. The number of halogens is 1. The van der Waals surface area contributed by atoms with Crippen LogP contribution in [0.2, 0.25) is 0 Å². The van der Waals surface area contributed by atoms with Crippen molar-refractivity contribution < 1.29 is 9.53 Å². The largest absolute Gasteiger partial charge is 0.455 e. The van der Waals surface area contributed by atoms with Gasteiger partial charge in [0.05, 0.1) is 0 Å². The van der Waals surface area contributed by atoms with E-state index in [4.69, 9.17) is 4.74 Å². The van der Waals surface area contributed by atoms with Crippen molar-refractivity contribution in [3.63, 3.8) is 0 Å². The molecule has 3 heteroatoms. The van der Waals surface area contributed by atoms with Gasteiger partial charge in [-0.05, 0) is 29.0 Å². The van der Waals surface area contributed by atoms with Crippen LogP contribution in [0.1, 0.15) is 26.2 Å². The van der Waals surface area contributed by atoms with Crippen LogP contribution in [0.25, 0.3) is 0 Å². The smallest absolute Gasteiger partial charge is 0.306 e. The molecule has 0 spiro atoms. The molecule has 0 unspecified atom stereocenters. The molecule has 0 bridgehead atoms. The molecular formula is C6H11IO2. The number of alkyl halides is 1. The van der Waals surface area contributed by atoms with Gasteiger partial charge in [0.1, 0.15) is 4.61 Å². The Morgan fingerprint density at radius 2 is 2.33 bits per heavy atom. The van der Waals surface area contributed by atoms with Crippen molar-refractivity contribution >= 4 is 28.6 Å². The second-order valence-electron chi connectivity index (χ2n) is 1.73. The molecule has 54 valence electrons. The zero-order valence-corrected chi connectivity index (χ0v) is 7.68. The molecule has 0 saturated heterocycles. The first-order valence-corrected chi connectivity index (χ1v) is 4.55. The number of esters is 1. The van der Waals surface area contributed by atoms with Gasteiger partial charge < -0.3 is 4.74 Å². The monoisotopic (exact) mass is 242 g/mol. The molecule has 9 heavy (non-hydrogen) atoms. The molecule has 0 radical (unpaired) electrons. The Bertz CT molecular complexity index is 83.1. The Labute approximate surface area is 69.1 Å². The molecule has 0 aliphatic heterocycles. The molecule has 0 heterocycles. The molecule has 0 aromatic carbocycles. The quantitative estimate of drug-likeness (QED) is 0.428. The first kappa shape index (κ1) is 9.20. The fourth-order valence-electron chi connectivity index (χ4n) is 0.454. The van der Waals surface area contributed by atoms with Crippen LogP contribution in [0, 0.1) is 0 Å². The molecule has 0 aromatic rings. The van der Waals surface area contributed by atoms with E-state index in [0.717, 1.165) is 12.8 Å². The topological polar surface area (TPSA) is 26.3 Å². The third-order valence-electron chi connectivity index (χ3n) is 0.950. The van der Waals surface area contributed by atoms with Crippen LogP contribution in [0.15, 0.2) is 0 Å². The highest BCUT2D eigenvalue weighted by Gasteiger charge is 1.97. The number of ether oxygens (including phenoxy) is 1. The van der Waals surface area contributed by atoms with Crippen LogP contribution < -0.4 is 0 Å². The van der Waals surface area contributed by atoms with E-state index in [0.29, 0.717) is 11.0 Å². The highest BCUT2D eigenvalue weighted by Crippen LogP contribution is 1.97. The van der Waals surface area contributed by atoms with Crippen molar-refractivity contribution in [2.24, 2.45) is 0 Å². The SMILES string of the molecule is CCCCC(=O)OCI. The van der Waals surface area contributed by atoms with Crippen molar-refractivity contribution in [3.05, 3.63) is 0 Å². The van der Waals surface area contributed by atoms with Gasteiger partial charge in [-0.1, -0.05) is 13.3 Å².